The number of hydrogen-bond donors (Lipinski definition) is 1. The largest absolute Gasteiger partial charge is 0.466 e. The molecule has 2 N–H and O–H groups in total. The summed E-state index contributed by atoms with van der Waals surface area (Å²) in [5, 5.41) is 0. The summed E-state index contributed by atoms with van der Waals surface area (Å²) < 4.78 is 7.51. The molecule has 4 nitrogen and oxygen atoms in total. The molecule has 3 aromatic rings. The molecule has 1 atom stereocenters. The molecule has 0 bridgehead atoms. The van der Waals surface area contributed by atoms with Gasteiger partial charge in [0, 0.05) is 18.8 Å². The van der Waals surface area contributed by atoms with Crippen LogP contribution >= 0.6 is 0 Å². The van der Waals surface area contributed by atoms with Crippen LogP contribution in [0.5, 0.6) is 0 Å². The maximum Gasteiger partial charge on any atom is 0.137 e. The molecule has 0 saturated carbocycles. The van der Waals surface area contributed by atoms with Gasteiger partial charge in [-0.25, -0.2) is 4.98 Å². The summed E-state index contributed by atoms with van der Waals surface area (Å²) in [7, 11) is 0. The molecule has 4 heteroatoms. The third-order valence-corrected chi connectivity index (χ3v) is 2.98. The van der Waals surface area contributed by atoms with E-state index < -0.39 is 0 Å². The number of pyridine rings is 1. The molecule has 0 radical (unpaired) electrons. The number of nitrogens with zero attached hydrogens (tertiary/aromatic N) is 2. The van der Waals surface area contributed by atoms with Gasteiger partial charge in [0.05, 0.1) is 11.7 Å². The van der Waals surface area contributed by atoms with Crippen LogP contribution in [-0.2, 0) is 6.42 Å². The molecule has 0 aliphatic rings. The number of aromatic nitrogens is 2. The van der Waals surface area contributed by atoms with Crippen molar-refractivity contribution < 1.29 is 4.42 Å². The van der Waals surface area contributed by atoms with Crippen molar-refractivity contribution in [1.29, 1.82) is 0 Å². The average molecular weight is 241 g/mol. The van der Waals surface area contributed by atoms with Gasteiger partial charge in [-0.05, 0) is 31.2 Å². The Bertz CT molecular complexity index is 635. The first-order valence-electron chi connectivity index (χ1n) is 5.97. The van der Waals surface area contributed by atoms with Crippen LogP contribution in [0.3, 0.4) is 0 Å². The Morgan fingerprint density at radius 1 is 1.33 bits per heavy atom. The number of hydrogen-bond acceptors (Lipinski definition) is 3. The van der Waals surface area contributed by atoms with Gasteiger partial charge in [-0.2, -0.15) is 0 Å². The van der Waals surface area contributed by atoms with E-state index in [0.29, 0.717) is 6.42 Å². The van der Waals surface area contributed by atoms with Crippen molar-refractivity contribution in [3.05, 3.63) is 59.9 Å². The standard InChI is InChI=1S/C14H15N3O/c1-10-5-6-11(18-10)8-12(15)13-9-17-7-3-2-4-14(17)16-13/h2-7,9,12H,8,15H2,1H3. The smallest absolute Gasteiger partial charge is 0.137 e. The van der Waals surface area contributed by atoms with Crippen molar-refractivity contribution in [2.45, 2.75) is 19.4 Å². The van der Waals surface area contributed by atoms with Gasteiger partial charge in [-0.3, -0.25) is 0 Å². The van der Waals surface area contributed by atoms with Crippen LogP contribution in [0.4, 0.5) is 0 Å². The number of aryl methyl sites for hydroxylation is 1. The van der Waals surface area contributed by atoms with E-state index in [4.69, 9.17) is 10.2 Å². The van der Waals surface area contributed by atoms with E-state index in [-0.39, 0.29) is 6.04 Å². The molecule has 3 heterocycles. The third-order valence-electron chi connectivity index (χ3n) is 2.98. The van der Waals surface area contributed by atoms with E-state index in [1.807, 2.05) is 54.0 Å². The first-order chi connectivity index (χ1) is 8.72. The van der Waals surface area contributed by atoms with Crippen LogP contribution in [0.1, 0.15) is 23.3 Å². The van der Waals surface area contributed by atoms with E-state index in [0.717, 1.165) is 22.9 Å². The SMILES string of the molecule is Cc1ccc(CC(N)c2cn3ccccc3n2)o1. The van der Waals surface area contributed by atoms with Crippen LogP contribution in [0.25, 0.3) is 5.65 Å². The van der Waals surface area contributed by atoms with Crippen molar-refractivity contribution in [3.63, 3.8) is 0 Å². The molecule has 0 aliphatic carbocycles. The van der Waals surface area contributed by atoms with Crippen LogP contribution < -0.4 is 5.73 Å². The molecule has 1 unspecified atom stereocenters. The second-order valence-electron chi connectivity index (χ2n) is 4.45. The summed E-state index contributed by atoms with van der Waals surface area (Å²) in [6.07, 6.45) is 4.60. The summed E-state index contributed by atoms with van der Waals surface area (Å²) in [6.45, 7) is 1.93. The molecule has 0 amide bonds. The average Bonchev–Trinajstić information content (AvgIpc) is 2.95. The first-order valence-corrected chi connectivity index (χ1v) is 5.97. The van der Waals surface area contributed by atoms with Crippen molar-refractivity contribution in [1.82, 2.24) is 9.38 Å². The Hall–Kier alpha value is -2.07. The van der Waals surface area contributed by atoms with Gasteiger partial charge in [0.15, 0.2) is 0 Å². The van der Waals surface area contributed by atoms with Gasteiger partial charge in [0.25, 0.3) is 0 Å². The van der Waals surface area contributed by atoms with Crippen LogP contribution in [-0.4, -0.2) is 9.38 Å². The molecule has 0 saturated heterocycles. The molecule has 0 aliphatic heterocycles. The minimum absolute atomic E-state index is 0.143. The summed E-state index contributed by atoms with van der Waals surface area (Å²) in [5.41, 5.74) is 7.96. The van der Waals surface area contributed by atoms with Gasteiger partial charge in [-0.15, -0.1) is 0 Å². The van der Waals surface area contributed by atoms with Gasteiger partial charge in [0.1, 0.15) is 17.2 Å². The topological polar surface area (TPSA) is 56.5 Å². The Morgan fingerprint density at radius 3 is 2.94 bits per heavy atom. The molecule has 3 rings (SSSR count). The molecule has 0 aromatic carbocycles. The first kappa shape index (κ1) is 11.0. The summed E-state index contributed by atoms with van der Waals surface area (Å²) in [4.78, 5) is 4.51. The Kier molecular flexibility index (Phi) is 2.64. The number of rotatable bonds is 3. The molecule has 92 valence electrons. The summed E-state index contributed by atoms with van der Waals surface area (Å²) in [5.74, 6) is 1.81. The van der Waals surface area contributed by atoms with Crippen molar-refractivity contribution in [2.24, 2.45) is 5.73 Å². The van der Waals surface area contributed by atoms with Crippen LogP contribution in [0.2, 0.25) is 0 Å². The van der Waals surface area contributed by atoms with E-state index in [1.165, 1.54) is 0 Å². The summed E-state index contributed by atoms with van der Waals surface area (Å²) in [6, 6.07) is 9.67. The molecule has 0 spiro atoms. The summed E-state index contributed by atoms with van der Waals surface area (Å²) >= 11 is 0. The molecule has 3 aromatic heterocycles. The zero-order valence-electron chi connectivity index (χ0n) is 10.2. The van der Waals surface area contributed by atoms with Crippen molar-refractivity contribution >= 4 is 5.65 Å². The third kappa shape index (κ3) is 2.02. The monoisotopic (exact) mass is 241 g/mol. The maximum absolute atomic E-state index is 6.16. The predicted octanol–water partition coefficient (Wildman–Crippen LogP) is 2.48. The fraction of sp³-hybridized carbons (Fsp3) is 0.214. The number of imidazole rings is 1. The zero-order chi connectivity index (χ0) is 12.5. The van der Waals surface area contributed by atoms with Crippen LogP contribution in [0, 0.1) is 6.92 Å². The fourth-order valence-corrected chi connectivity index (χ4v) is 2.05. The van der Waals surface area contributed by atoms with Gasteiger partial charge >= 0.3 is 0 Å². The van der Waals surface area contributed by atoms with Crippen molar-refractivity contribution in [3.8, 4) is 0 Å². The molecule has 0 fully saturated rings. The fourth-order valence-electron chi connectivity index (χ4n) is 2.05. The lowest BCUT2D eigenvalue weighted by molar-refractivity contribution is 0.465. The van der Waals surface area contributed by atoms with E-state index >= 15 is 0 Å². The predicted molar refractivity (Wildman–Crippen MR) is 69.3 cm³/mol. The lowest BCUT2D eigenvalue weighted by atomic mass is 10.1. The number of fused-ring (bicyclic) bond motifs is 1. The Balaban J connectivity index is 1.85. The highest BCUT2D eigenvalue weighted by atomic mass is 16.3. The zero-order valence-corrected chi connectivity index (χ0v) is 10.2. The van der Waals surface area contributed by atoms with E-state index in [2.05, 4.69) is 4.98 Å². The Labute approximate surface area is 105 Å². The highest BCUT2D eigenvalue weighted by Gasteiger charge is 2.13. The lowest BCUT2D eigenvalue weighted by Crippen LogP contribution is -2.13. The van der Waals surface area contributed by atoms with Crippen molar-refractivity contribution in [2.75, 3.05) is 0 Å². The van der Waals surface area contributed by atoms with Gasteiger partial charge in [-0.1, -0.05) is 6.07 Å². The quantitative estimate of drug-likeness (QED) is 0.766. The maximum atomic E-state index is 6.16. The van der Waals surface area contributed by atoms with E-state index in [9.17, 15) is 0 Å². The highest BCUT2D eigenvalue weighted by molar-refractivity contribution is 5.40. The number of nitrogens with two attached hydrogens (primary N) is 1. The molecule has 18 heavy (non-hydrogen) atoms. The number of furan rings is 1. The van der Waals surface area contributed by atoms with E-state index in [1.54, 1.807) is 0 Å². The second-order valence-corrected chi connectivity index (χ2v) is 4.45. The van der Waals surface area contributed by atoms with Gasteiger partial charge in [0.2, 0.25) is 0 Å². The highest BCUT2D eigenvalue weighted by Crippen LogP contribution is 2.17. The minimum Gasteiger partial charge on any atom is -0.466 e. The molecular weight excluding hydrogens is 226 g/mol. The Morgan fingerprint density at radius 2 is 2.22 bits per heavy atom. The second kappa shape index (κ2) is 4.31. The van der Waals surface area contributed by atoms with Crippen LogP contribution in [0.15, 0.2) is 47.1 Å². The minimum atomic E-state index is -0.143. The van der Waals surface area contributed by atoms with Gasteiger partial charge < -0.3 is 14.6 Å². The lowest BCUT2D eigenvalue weighted by Gasteiger charge is -2.05. The normalized spacial score (nSPS) is 13.0. The molecular formula is C14H15N3O.